The molecule has 0 aliphatic carbocycles. The number of benzene rings is 1. The van der Waals surface area contributed by atoms with Gasteiger partial charge < -0.3 is 10.2 Å². The molecule has 0 bridgehead atoms. The topological polar surface area (TPSA) is 32.3 Å². The fourth-order valence-corrected chi connectivity index (χ4v) is 2.87. The third-order valence-corrected chi connectivity index (χ3v) is 4.68. The third kappa shape index (κ3) is 3.62. The summed E-state index contributed by atoms with van der Waals surface area (Å²) >= 11 is 1.58. The monoisotopic (exact) mass is 324 g/mol. The number of hydrogen-bond acceptors (Lipinski definition) is 2. The van der Waals surface area contributed by atoms with Gasteiger partial charge in [-0.15, -0.1) is 11.3 Å². The van der Waals surface area contributed by atoms with Gasteiger partial charge in [0.15, 0.2) is 11.6 Å². The Morgan fingerprint density at radius 1 is 1.23 bits per heavy atom. The first-order valence-corrected chi connectivity index (χ1v) is 7.79. The number of urea groups is 1. The van der Waals surface area contributed by atoms with Crippen LogP contribution in [-0.4, -0.2) is 18.0 Å². The van der Waals surface area contributed by atoms with E-state index in [1.165, 1.54) is 6.07 Å². The molecule has 2 amide bonds. The molecule has 0 saturated heterocycles. The van der Waals surface area contributed by atoms with Crippen LogP contribution in [0.25, 0.3) is 0 Å². The maximum absolute atomic E-state index is 13.3. The Morgan fingerprint density at radius 2 is 1.95 bits per heavy atom. The summed E-state index contributed by atoms with van der Waals surface area (Å²) < 4.78 is 26.2. The van der Waals surface area contributed by atoms with Crippen molar-refractivity contribution in [2.24, 2.45) is 0 Å². The van der Waals surface area contributed by atoms with E-state index in [-0.39, 0.29) is 12.1 Å². The van der Waals surface area contributed by atoms with Crippen molar-refractivity contribution in [1.82, 2.24) is 10.2 Å². The predicted molar refractivity (Wildman–Crippen MR) is 83.8 cm³/mol. The van der Waals surface area contributed by atoms with Crippen molar-refractivity contribution in [3.05, 3.63) is 57.8 Å². The van der Waals surface area contributed by atoms with Crippen molar-refractivity contribution in [2.75, 3.05) is 7.05 Å². The van der Waals surface area contributed by atoms with E-state index in [1.807, 2.05) is 24.4 Å². The van der Waals surface area contributed by atoms with Crippen molar-refractivity contribution < 1.29 is 13.6 Å². The zero-order chi connectivity index (χ0) is 16.3. The standard InChI is InChI=1S/C16H18F2N2OS/c1-10(12-6-7-13(17)14(18)9-12)19-16(21)20(3)11(2)15-5-4-8-22-15/h4-11H,1-3H3,(H,19,21). The Kier molecular flexibility index (Phi) is 5.13. The number of nitrogens with one attached hydrogen (secondary N) is 1. The maximum atomic E-state index is 13.3. The second kappa shape index (κ2) is 6.87. The second-order valence-electron chi connectivity index (χ2n) is 5.15. The summed E-state index contributed by atoms with van der Waals surface area (Å²) in [4.78, 5) is 14.9. The lowest BCUT2D eigenvalue weighted by Crippen LogP contribution is -2.39. The highest BCUT2D eigenvalue weighted by Gasteiger charge is 2.20. The van der Waals surface area contributed by atoms with Crippen LogP contribution >= 0.6 is 11.3 Å². The lowest BCUT2D eigenvalue weighted by Gasteiger charge is -2.26. The highest BCUT2D eigenvalue weighted by Crippen LogP contribution is 2.24. The Bertz CT molecular complexity index is 646. The zero-order valence-corrected chi connectivity index (χ0v) is 13.5. The van der Waals surface area contributed by atoms with Gasteiger partial charge in [0.1, 0.15) is 0 Å². The normalized spacial score (nSPS) is 13.5. The van der Waals surface area contributed by atoms with E-state index in [0.717, 1.165) is 17.0 Å². The molecule has 2 aromatic rings. The van der Waals surface area contributed by atoms with Gasteiger partial charge in [-0.05, 0) is 43.0 Å². The summed E-state index contributed by atoms with van der Waals surface area (Å²) in [5.41, 5.74) is 0.518. The lowest BCUT2D eigenvalue weighted by molar-refractivity contribution is 0.192. The number of amides is 2. The molecular weight excluding hydrogens is 306 g/mol. The molecule has 1 aromatic carbocycles. The molecule has 0 spiro atoms. The average Bonchev–Trinajstić information content (AvgIpc) is 3.02. The molecule has 1 N–H and O–H groups in total. The molecule has 6 heteroatoms. The molecular formula is C16H18F2N2OS. The van der Waals surface area contributed by atoms with Gasteiger partial charge in [-0.25, -0.2) is 13.6 Å². The van der Waals surface area contributed by atoms with Gasteiger partial charge in [-0.3, -0.25) is 0 Å². The molecule has 2 unspecified atom stereocenters. The summed E-state index contributed by atoms with van der Waals surface area (Å²) in [6, 6.07) is 6.79. The molecule has 3 nitrogen and oxygen atoms in total. The quantitative estimate of drug-likeness (QED) is 0.883. The van der Waals surface area contributed by atoms with Gasteiger partial charge in [0.25, 0.3) is 0 Å². The first kappa shape index (κ1) is 16.4. The lowest BCUT2D eigenvalue weighted by atomic mass is 10.1. The van der Waals surface area contributed by atoms with Gasteiger partial charge in [0, 0.05) is 11.9 Å². The summed E-state index contributed by atoms with van der Waals surface area (Å²) in [5, 5.41) is 4.75. The van der Waals surface area contributed by atoms with Gasteiger partial charge in [-0.1, -0.05) is 12.1 Å². The Hall–Kier alpha value is -1.95. The van der Waals surface area contributed by atoms with E-state index in [9.17, 15) is 13.6 Å². The van der Waals surface area contributed by atoms with Crippen LogP contribution in [0.1, 0.15) is 36.4 Å². The third-order valence-electron chi connectivity index (χ3n) is 3.64. The second-order valence-corrected chi connectivity index (χ2v) is 6.13. The minimum absolute atomic E-state index is 0.0582. The molecule has 118 valence electrons. The largest absolute Gasteiger partial charge is 0.331 e. The molecule has 0 saturated carbocycles. The van der Waals surface area contributed by atoms with Crippen molar-refractivity contribution in [3.63, 3.8) is 0 Å². The van der Waals surface area contributed by atoms with Crippen LogP contribution in [0.4, 0.5) is 13.6 Å². The van der Waals surface area contributed by atoms with Gasteiger partial charge in [0.2, 0.25) is 0 Å². The van der Waals surface area contributed by atoms with Gasteiger partial charge in [-0.2, -0.15) is 0 Å². The highest BCUT2D eigenvalue weighted by molar-refractivity contribution is 7.10. The van der Waals surface area contributed by atoms with E-state index in [2.05, 4.69) is 5.32 Å². The number of carbonyl (C=O) groups excluding carboxylic acids is 1. The fraction of sp³-hybridized carbons (Fsp3) is 0.312. The SMILES string of the molecule is CC(NC(=O)N(C)C(C)c1cccs1)c1ccc(F)c(F)c1. The minimum atomic E-state index is -0.918. The number of carbonyl (C=O) groups is 1. The van der Waals surface area contributed by atoms with E-state index in [0.29, 0.717) is 5.56 Å². The van der Waals surface area contributed by atoms with E-state index < -0.39 is 17.7 Å². The van der Waals surface area contributed by atoms with E-state index in [4.69, 9.17) is 0 Å². The first-order chi connectivity index (χ1) is 10.4. The Labute approximate surface area is 132 Å². The molecule has 1 heterocycles. The molecule has 0 aliphatic heterocycles. The summed E-state index contributed by atoms with van der Waals surface area (Å²) in [5.74, 6) is -1.82. The van der Waals surface area contributed by atoms with Crippen LogP contribution in [0, 0.1) is 11.6 Å². The number of hydrogen-bond donors (Lipinski definition) is 1. The van der Waals surface area contributed by atoms with E-state index >= 15 is 0 Å². The van der Waals surface area contributed by atoms with Crippen molar-refractivity contribution in [1.29, 1.82) is 0 Å². The van der Waals surface area contributed by atoms with Crippen LogP contribution in [0.5, 0.6) is 0 Å². The number of thiophene rings is 1. The number of nitrogens with zero attached hydrogens (tertiary/aromatic N) is 1. The summed E-state index contributed by atoms with van der Waals surface area (Å²) in [6.07, 6.45) is 0. The molecule has 22 heavy (non-hydrogen) atoms. The molecule has 0 radical (unpaired) electrons. The van der Waals surface area contributed by atoms with Crippen LogP contribution < -0.4 is 5.32 Å². The number of halogens is 2. The zero-order valence-electron chi connectivity index (χ0n) is 12.6. The van der Waals surface area contributed by atoms with Crippen LogP contribution in [0.3, 0.4) is 0 Å². The highest BCUT2D eigenvalue weighted by atomic mass is 32.1. The average molecular weight is 324 g/mol. The van der Waals surface area contributed by atoms with E-state index in [1.54, 1.807) is 30.2 Å². The fourth-order valence-electron chi connectivity index (χ4n) is 2.05. The summed E-state index contributed by atoms with van der Waals surface area (Å²) in [7, 11) is 1.71. The van der Waals surface area contributed by atoms with Crippen molar-refractivity contribution >= 4 is 17.4 Å². The predicted octanol–water partition coefficient (Wildman–Crippen LogP) is 4.49. The molecule has 1 aromatic heterocycles. The van der Waals surface area contributed by atoms with Crippen molar-refractivity contribution in [3.8, 4) is 0 Å². The first-order valence-electron chi connectivity index (χ1n) is 6.92. The smallest absolute Gasteiger partial charge is 0.318 e. The van der Waals surface area contributed by atoms with Crippen LogP contribution in [-0.2, 0) is 0 Å². The van der Waals surface area contributed by atoms with Crippen LogP contribution in [0.2, 0.25) is 0 Å². The van der Waals surface area contributed by atoms with Crippen molar-refractivity contribution in [2.45, 2.75) is 25.9 Å². The molecule has 0 fully saturated rings. The van der Waals surface area contributed by atoms with Crippen LogP contribution in [0.15, 0.2) is 35.7 Å². The van der Waals surface area contributed by atoms with Gasteiger partial charge in [0.05, 0.1) is 12.1 Å². The Morgan fingerprint density at radius 3 is 2.55 bits per heavy atom. The minimum Gasteiger partial charge on any atom is -0.331 e. The molecule has 2 atom stereocenters. The summed E-state index contributed by atoms with van der Waals surface area (Å²) in [6.45, 7) is 3.67. The van der Waals surface area contributed by atoms with Gasteiger partial charge >= 0.3 is 6.03 Å². The maximum Gasteiger partial charge on any atom is 0.318 e. The molecule has 0 aliphatic rings. The Balaban J connectivity index is 2.02. The number of rotatable bonds is 4. The molecule has 2 rings (SSSR count).